The maximum Gasteiger partial charge on any atom is 0.271 e. The molecule has 0 unspecified atom stereocenters. The van der Waals surface area contributed by atoms with E-state index in [-0.39, 0.29) is 29.4 Å². The van der Waals surface area contributed by atoms with Gasteiger partial charge < -0.3 is 10.4 Å². The largest absolute Gasteiger partial charge is 0.396 e. The summed E-state index contributed by atoms with van der Waals surface area (Å²) in [5, 5.41) is 15.9. The number of aliphatic hydroxyl groups is 1. The minimum absolute atomic E-state index is 0.0804. The van der Waals surface area contributed by atoms with E-state index in [0.717, 1.165) is 0 Å². The van der Waals surface area contributed by atoms with Crippen LogP contribution in [0, 0.1) is 11.2 Å². The number of aliphatic hydroxyl groups excluding tert-OH is 1. The fourth-order valence-corrected chi connectivity index (χ4v) is 2.01. The molecule has 0 aliphatic carbocycles. The number of amides is 1. The van der Waals surface area contributed by atoms with Crippen molar-refractivity contribution in [3.63, 3.8) is 0 Å². The van der Waals surface area contributed by atoms with Gasteiger partial charge in [-0.2, -0.15) is 5.10 Å². The molecule has 0 spiro atoms. The minimum atomic E-state index is -0.357. The van der Waals surface area contributed by atoms with Crippen LogP contribution in [0.1, 0.15) is 30.8 Å². The molecule has 1 aromatic carbocycles. The van der Waals surface area contributed by atoms with Crippen LogP contribution < -0.4 is 5.32 Å². The monoisotopic (exact) mass is 305 g/mol. The van der Waals surface area contributed by atoms with Crippen LogP contribution in [0.2, 0.25) is 0 Å². The summed E-state index contributed by atoms with van der Waals surface area (Å²) in [5.41, 5.74) is 0.638. The normalized spacial score (nSPS) is 11.5. The molecule has 0 aliphatic rings. The van der Waals surface area contributed by atoms with Crippen molar-refractivity contribution in [2.45, 2.75) is 20.3 Å². The lowest BCUT2D eigenvalue weighted by atomic mass is 9.90. The summed E-state index contributed by atoms with van der Waals surface area (Å²) in [5.74, 6) is -0.647. The molecule has 1 amide bonds. The van der Waals surface area contributed by atoms with Gasteiger partial charge in [-0.1, -0.05) is 19.9 Å². The molecule has 5 nitrogen and oxygen atoms in total. The lowest BCUT2D eigenvalue weighted by Crippen LogP contribution is -2.34. The fraction of sp³-hybridized carbons (Fsp3) is 0.375. The molecule has 2 N–H and O–H groups in total. The van der Waals surface area contributed by atoms with Gasteiger partial charge in [0.2, 0.25) is 0 Å². The van der Waals surface area contributed by atoms with Gasteiger partial charge >= 0.3 is 0 Å². The maximum atomic E-state index is 13.2. The van der Waals surface area contributed by atoms with Gasteiger partial charge in [-0.3, -0.25) is 4.79 Å². The molecule has 118 valence electrons. The van der Waals surface area contributed by atoms with Gasteiger partial charge in [-0.05, 0) is 36.1 Å². The van der Waals surface area contributed by atoms with Crippen molar-refractivity contribution in [3.05, 3.63) is 48.0 Å². The number of hydrogen-bond acceptors (Lipinski definition) is 3. The Labute approximate surface area is 128 Å². The van der Waals surface area contributed by atoms with E-state index in [1.165, 1.54) is 16.8 Å². The van der Waals surface area contributed by atoms with Crippen LogP contribution in [0.25, 0.3) is 5.69 Å². The Hall–Kier alpha value is -2.21. The molecule has 22 heavy (non-hydrogen) atoms. The summed E-state index contributed by atoms with van der Waals surface area (Å²) in [7, 11) is 0. The number of hydrogen-bond donors (Lipinski definition) is 2. The van der Waals surface area contributed by atoms with Crippen molar-refractivity contribution in [1.82, 2.24) is 15.1 Å². The molecule has 6 heteroatoms. The third kappa shape index (κ3) is 4.14. The standard InChI is InChI=1S/C16H20FN3O2/c1-16(2,7-9-21)11-18-15(22)14-6-8-20(19-14)13-5-3-4-12(17)10-13/h3-6,8,10,21H,7,9,11H2,1-2H3,(H,18,22). The SMILES string of the molecule is CC(C)(CCO)CNC(=O)c1ccn(-c2cccc(F)c2)n1. The number of rotatable bonds is 6. The zero-order valence-electron chi connectivity index (χ0n) is 12.7. The highest BCUT2D eigenvalue weighted by molar-refractivity contribution is 5.92. The minimum Gasteiger partial charge on any atom is -0.396 e. The molecule has 0 bridgehead atoms. The number of nitrogens with zero attached hydrogens (tertiary/aromatic N) is 2. The summed E-state index contributed by atoms with van der Waals surface area (Å²) >= 11 is 0. The molecule has 0 radical (unpaired) electrons. The molecule has 2 rings (SSSR count). The Bertz CT molecular complexity index is 652. The predicted octanol–water partition coefficient (Wildman–Crippen LogP) is 2.15. The molecular weight excluding hydrogens is 285 g/mol. The van der Waals surface area contributed by atoms with Crippen molar-refractivity contribution < 1.29 is 14.3 Å². The van der Waals surface area contributed by atoms with Crippen LogP contribution in [0.4, 0.5) is 4.39 Å². The van der Waals surface area contributed by atoms with E-state index in [2.05, 4.69) is 10.4 Å². The summed E-state index contributed by atoms with van der Waals surface area (Å²) in [6, 6.07) is 7.58. The Balaban J connectivity index is 2.03. The summed E-state index contributed by atoms with van der Waals surface area (Å²) < 4.78 is 14.7. The average molecular weight is 305 g/mol. The summed E-state index contributed by atoms with van der Waals surface area (Å²) in [6.45, 7) is 4.46. The summed E-state index contributed by atoms with van der Waals surface area (Å²) in [4.78, 5) is 12.1. The molecule has 2 aromatic rings. The van der Waals surface area contributed by atoms with Crippen LogP contribution in [-0.4, -0.2) is 33.9 Å². The topological polar surface area (TPSA) is 67.2 Å². The highest BCUT2D eigenvalue weighted by atomic mass is 19.1. The predicted molar refractivity (Wildman–Crippen MR) is 81.3 cm³/mol. The van der Waals surface area contributed by atoms with E-state index in [1.54, 1.807) is 24.4 Å². The number of carbonyl (C=O) groups excluding carboxylic acids is 1. The van der Waals surface area contributed by atoms with Gasteiger partial charge in [0.05, 0.1) is 5.69 Å². The van der Waals surface area contributed by atoms with Gasteiger partial charge in [0.25, 0.3) is 5.91 Å². The van der Waals surface area contributed by atoms with Gasteiger partial charge in [-0.25, -0.2) is 9.07 Å². The van der Waals surface area contributed by atoms with Crippen molar-refractivity contribution in [2.75, 3.05) is 13.2 Å². The maximum absolute atomic E-state index is 13.2. The van der Waals surface area contributed by atoms with Crippen molar-refractivity contribution in [2.24, 2.45) is 5.41 Å². The molecule has 1 heterocycles. The quantitative estimate of drug-likeness (QED) is 0.859. The Morgan fingerprint density at radius 2 is 2.18 bits per heavy atom. The fourth-order valence-electron chi connectivity index (χ4n) is 2.01. The lowest BCUT2D eigenvalue weighted by Gasteiger charge is -2.23. The second-order valence-corrected chi connectivity index (χ2v) is 5.95. The zero-order chi connectivity index (χ0) is 16.2. The Morgan fingerprint density at radius 3 is 2.86 bits per heavy atom. The first-order chi connectivity index (χ1) is 10.4. The van der Waals surface area contributed by atoms with Crippen LogP contribution >= 0.6 is 0 Å². The third-order valence-corrected chi connectivity index (χ3v) is 3.41. The zero-order valence-corrected chi connectivity index (χ0v) is 12.7. The first-order valence-electron chi connectivity index (χ1n) is 7.12. The van der Waals surface area contributed by atoms with Crippen LogP contribution in [-0.2, 0) is 0 Å². The number of nitrogens with one attached hydrogen (secondary N) is 1. The first kappa shape index (κ1) is 16.2. The van der Waals surface area contributed by atoms with E-state index in [0.29, 0.717) is 18.7 Å². The Morgan fingerprint density at radius 1 is 1.41 bits per heavy atom. The van der Waals surface area contributed by atoms with Gasteiger partial charge in [0.1, 0.15) is 5.82 Å². The van der Waals surface area contributed by atoms with E-state index < -0.39 is 0 Å². The third-order valence-electron chi connectivity index (χ3n) is 3.41. The number of halogens is 1. The molecule has 0 saturated carbocycles. The van der Waals surface area contributed by atoms with Crippen LogP contribution in [0.15, 0.2) is 36.5 Å². The second kappa shape index (κ2) is 6.70. The van der Waals surface area contributed by atoms with E-state index >= 15 is 0 Å². The van der Waals surface area contributed by atoms with Gasteiger partial charge in [0.15, 0.2) is 5.69 Å². The van der Waals surface area contributed by atoms with E-state index in [9.17, 15) is 9.18 Å². The lowest BCUT2D eigenvalue weighted by molar-refractivity contribution is 0.0923. The highest BCUT2D eigenvalue weighted by Gasteiger charge is 2.19. The van der Waals surface area contributed by atoms with E-state index in [1.807, 2.05) is 13.8 Å². The highest BCUT2D eigenvalue weighted by Crippen LogP contribution is 2.18. The molecule has 1 aromatic heterocycles. The smallest absolute Gasteiger partial charge is 0.271 e. The van der Waals surface area contributed by atoms with Crippen molar-refractivity contribution in [3.8, 4) is 5.69 Å². The first-order valence-corrected chi connectivity index (χ1v) is 7.12. The molecular formula is C16H20FN3O2. The molecule has 0 saturated heterocycles. The van der Waals surface area contributed by atoms with Crippen LogP contribution in [0.5, 0.6) is 0 Å². The number of aromatic nitrogens is 2. The van der Waals surface area contributed by atoms with Crippen LogP contribution in [0.3, 0.4) is 0 Å². The van der Waals surface area contributed by atoms with Crippen molar-refractivity contribution >= 4 is 5.91 Å². The molecule has 0 aliphatic heterocycles. The van der Waals surface area contributed by atoms with Gasteiger partial charge in [-0.15, -0.1) is 0 Å². The van der Waals surface area contributed by atoms with Gasteiger partial charge in [0, 0.05) is 19.3 Å². The molecule has 0 fully saturated rings. The Kier molecular flexibility index (Phi) is 4.92. The molecule has 0 atom stereocenters. The average Bonchev–Trinajstić information content (AvgIpc) is 2.95. The summed E-state index contributed by atoms with van der Waals surface area (Å²) in [6.07, 6.45) is 2.22. The van der Waals surface area contributed by atoms with E-state index in [4.69, 9.17) is 5.11 Å². The number of benzene rings is 1. The second-order valence-electron chi connectivity index (χ2n) is 5.95. The van der Waals surface area contributed by atoms with Crippen molar-refractivity contribution in [1.29, 1.82) is 0 Å². The number of carbonyl (C=O) groups is 1.